The lowest BCUT2D eigenvalue weighted by Crippen LogP contribution is -2.22. The maximum absolute atomic E-state index is 5.38. The van der Waals surface area contributed by atoms with E-state index in [4.69, 9.17) is 4.74 Å². The van der Waals surface area contributed by atoms with Crippen molar-refractivity contribution in [3.05, 3.63) is 29.3 Å². The van der Waals surface area contributed by atoms with Crippen LogP contribution in [0.3, 0.4) is 0 Å². The molecule has 0 aliphatic heterocycles. The van der Waals surface area contributed by atoms with Crippen molar-refractivity contribution in [3.63, 3.8) is 0 Å². The topological polar surface area (TPSA) is 9.23 Å². The van der Waals surface area contributed by atoms with Crippen LogP contribution >= 0.6 is 0 Å². The van der Waals surface area contributed by atoms with Crippen LogP contribution in [-0.2, 0) is 12.8 Å². The Hall–Kier alpha value is -0.980. The van der Waals surface area contributed by atoms with Crippen LogP contribution in [0.2, 0.25) is 0 Å². The fourth-order valence-corrected chi connectivity index (χ4v) is 4.72. The molecular weight excluding hydrogens is 268 g/mol. The van der Waals surface area contributed by atoms with E-state index in [9.17, 15) is 0 Å². The molecule has 1 heteroatoms. The average molecular weight is 303 g/mol. The molecule has 1 unspecified atom stereocenters. The van der Waals surface area contributed by atoms with E-state index in [1.807, 2.05) is 0 Å². The first-order valence-corrected chi connectivity index (χ1v) is 9.46. The van der Waals surface area contributed by atoms with Crippen LogP contribution in [0.25, 0.3) is 0 Å². The van der Waals surface area contributed by atoms with E-state index in [1.54, 1.807) is 18.2 Å². The number of hydrogen-bond donors (Lipinski definition) is 0. The molecule has 0 amide bonds. The van der Waals surface area contributed by atoms with E-state index in [1.165, 1.54) is 64.2 Å². The van der Waals surface area contributed by atoms with Crippen LogP contribution in [0.4, 0.5) is 0 Å². The van der Waals surface area contributed by atoms with Gasteiger partial charge in [-0.1, -0.05) is 51.5 Å². The maximum atomic E-state index is 5.38. The van der Waals surface area contributed by atoms with Gasteiger partial charge in [0, 0.05) is 1.43 Å². The predicted octanol–water partition coefficient (Wildman–Crippen LogP) is 6.04. The summed E-state index contributed by atoms with van der Waals surface area (Å²) in [6.07, 6.45) is 14.3. The lowest BCUT2D eigenvalue weighted by molar-refractivity contribution is 0.200. The second-order valence-corrected chi connectivity index (χ2v) is 7.58. The van der Waals surface area contributed by atoms with Gasteiger partial charge in [-0.25, -0.2) is 0 Å². The summed E-state index contributed by atoms with van der Waals surface area (Å²) in [4.78, 5) is 0. The smallest absolute Gasteiger partial charge is 0.119 e. The lowest BCUT2D eigenvalue weighted by atomic mass is 9.73. The van der Waals surface area contributed by atoms with Gasteiger partial charge in [0.1, 0.15) is 5.75 Å². The first-order valence-electron chi connectivity index (χ1n) is 9.46. The van der Waals surface area contributed by atoms with E-state index >= 15 is 0 Å². The first-order chi connectivity index (χ1) is 10.8. The zero-order valence-corrected chi connectivity index (χ0v) is 14.4. The zero-order valence-electron chi connectivity index (χ0n) is 14.4. The van der Waals surface area contributed by atoms with Gasteiger partial charge in [-0.2, -0.15) is 0 Å². The summed E-state index contributed by atoms with van der Waals surface area (Å²) in [5.74, 6) is 3.94. The number of benzene rings is 1. The fourth-order valence-electron chi connectivity index (χ4n) is 4.72. The van der Waals surface area contributed by atoms with Gasteiger partial charge in [0.2, 0.25) is 0 Å². The minimum Gasteiger partial charge on any atom is -0.497 e. The number of methoxy groups -OCH3 is 1. The van der Waals surface area contributed by atoms with E-state index in [0.717, 1.165) is 23.5 Å². The summed E-state index contributed by atoms with van der Waals surface area (Å²) < 4.78 is 5.38. The highest BCUT2D eigenvalue weighted by atomic mass is 16.5. The highest BCUT2D eigenvalue weighted by Gasteiger charge is 2.31. The average Bonchev–Trinajstić information content (AvgIpc) is 2.98. The second kappa shape index (κ2) is 7.53. The molecule has 0 bridgehead atoms. The van der Waals surface area contributed by atoms with Crippen molar-refractivity contribution in [2.45, 2.75) is 71.1 Å². The molecule has 0 aromatic heterocycles. The standard InChI is InChI=1S/C21H32O.H2/c1-3-4-5-6-16-7-9-17(10-8-16)19-13-18-11-12-21(22-2)15-20(18)14-19;/h11-12,15-17,19H,3-10,13-14H2,1-2H3;1H. The van der Waals surface area contributed by atoms with Crippen molar-refractivity contribution in [3.8, 4) is 5.75 Å². The molecule has 1 atom stereocenters. The molecule has 1 aromatic carbocycles. The Morgan fingerprint density at radius 2 is 1.77 bits per heavy atom. The fraction of sp³-hybridized carbons (Fsp3) is 0.714. The quantitative estimate of drug-likeness (QED) is 0.582. The van der Waals surface area contributed by atoms with Gasteiger partial charge in [-0.15, -0.1) is 0 Å². The van der Waals surface area contributed by atoms with Gasteiger partial charge >= 0.3 is 0 Å². The first kappa shape index (κ1) is 15.9. The molecule has 0 saturated heterocycles. The number of ether oxygens (including phenoxy) is 1. The van der Waals surface area contributed by atoms with E-state index < -0.39 is 0 Å². The summed E-state index contributed by atoms with van der Waals surface area (Å²) >= 11 is 0. The highest BCUT2D eigenvalue weighted by Crippen LogP contribution is 2.41. The summed E-state index contributed by atoms with van der Waals surface area (Å²) in [7, 11) is 1.77. The SMILES string of the molecule is CCCCCC1CCC(C2Cc3ccc(OC)cc3C2)CC1.[HH]. The third-order valence-corrected chi connectivity index (χ3v) is 6.15. The van der Waals surface area contributed by atoms with Crippen LogP contribution in [-0.4, -0.2) is 7.11 Å². The predicted molar refractivity (Wildman–Crippen MR) is 95.6 cm³/mol. The number of hydrogen-bond acceptors (Lipinski definition) is 1. The Labute approximate surface area is 137 Å². The molecular formula is C21H34O. The van der Waals surface area contributed by atoms with Gasteiger partial charge < -0.3 is 4.74 Å². The van der Waals surface area contributed by atoms with E-state index in [2.05, 4.69) is 25.1 Å². The minimum atomic E-state index is 0. The van der Waals surface area contributed by atoms with Crippen molar-refractivity contribution >= 4 is 0 Å². The zero-order chi connectivity index (χ0) is 15.4. The molecule has 0 spiro atoms. The third-order valence-electron chi connectivity index (χ3n) is 6.15. The van der Waals surface area contributed by atoms with Gasteiger partial charge in [-0.3, -0.25) is 0 Å². The number of rotatable bonds is 6. The molecule has 0 heterocycles. The second-order valence-electron chi connectivity index (χ2n) is 7.58. The molecule has 0 N–H and O–H groups in total. The Bertz CT molecular complexity index is 477. The molecule has 3 rings (SSSR count). The molecule has 1 fully saturated rings. The molecule has 1 aromatic rings. The van der Waals surface area contributed by atoms with Crippen molar-refractivity contribution in [1.82, 2.24) is 0 Å². The van der Waals surface area contributed by atoms with Crippen LogP contribution in [0, 0.1) is 17.8 Å². The highest BCUT2D eigenvalue weighted by molar-refractivity contribution is 5.39. The Morgan fingerprint density at radius 1 is 1.00 bits per heavy atom. The molecule has 22 heavy (non-hydrogen) atoms. The number of unbranched alkanes of at least 4 members (excludes halogenated alkanes) is 2. The Balaban J connectivity index is 0.00000192. The molecule has 124 valence electrons. The Morgan fingerprint density at radius 3 is 2.50 bits per heavy atom. The molecule has 2 aliphatic carbocycles. The summed E-state index contributed by atoms with van der Waals surface area (Å²) in [5.41, 5.74) is 3.13. The van der Waals surface area contributed by atoms with Gasteiger partial charge in [0.05, 0.1) is 7.11 Å². The van der Waals surface area contributed by atoms with E-state index in [-0.39, 0.29) is 1.43 Å². The lowest BCUT2D eigenvalue weighted by Gasteiger charge is -2.32. The van der Waals surface area contributed by atoms with Crippen molar-refractivity contribution < 1.29 is 6.16 Å². The maximum Gasteiger partial charge on any atom is 0.119 e. The van der Waals surface area contributed by atoms with Crippen molar-refractivity contribution in [2.75, 3.05) is 7.11 Å². The monoisotopic (exact) mass is 302 g/mol. The van der Waals surface area contributed by atoms with Gasteiger partial charge in [0.15, 0.2) is 0 Å². The van der Waals surface area contributed by atoms with Gasteiger partial charge in [-0.05, 0) is 66.7 Å². The molecule has 1 saturated carbocycles. The van der Waals surface area contributed by atoms with Gasteiger partial charge in [0.25, 0.3) is 0 Å². The van der Waals surface area contributed by atoms with Crippen LogP contribution in [0.1, 0.15) is 70.8 Å². The largest absolute Gasteiger partial charge is 0.497 e. The molecule has 0 radical (unpaired) electrons. The summed E-state index contributed by atoms with van der Waals surface area (Å²) in [6, 6.07) is 6.70. The molecule has 2 aliphatic rings. The van der Waals surface area contributed by atoms with Crippen LogP contribution in [0.5, 0.6) is 5.75 Å². The number of fused-ring (bicyclic) bond motifs is 1. The van der Waals surface area contributed by atoms with Crippen LogP contribution < -0.4 is 4.74 Å². The van der Waals surface area contributed by atoms with E-state index in [0.29, 0.717) is 0 Å². The normalized spacial score (nSPS) is 27.6. The summed E-state index contributed by atoms with van der Waals surface area (Å²) in [5, 5.41) is 0. The third kappa shape index (κ3) is 3.67. The minimum absolute atomic E-state index is 0. The van der Waals surface area contributed by atoms with Crippen LogP contribution in [0.15, 0.2) is 18.2 Å². The summed E-state index contributed by atoms with van der Waals surface area (Å²) in [6.45, 7) is 2.31. The van der Waals surface area contributed by atoms with Crippen molar-refractivity contribution in [2.24, 2.45) is 17.8 Å². The molecule has 1 nitrogen and oxygen atoms in total. The van der Waals surface area contributed by atoms with Crippen molar-refractivity contribution in [1.29, 1.82) is 0 Å². The Kier molecular flexibility index (Phi) is 5.44.